The highest BCUT2D eigenvalue weighted by Gasteiger charge is 2.46. The molecule has 1 saturated heterocycles. The molecule has 4 rings (SSSR count). The summed E-state index contributed by atoms with van der Waals surface area (Å²) in [5.74, 6) is -4.36. The van der Waals surface area contributed by atoms with E-state index < -0.39 is 24.3 Å². The highest BCUT2D eigenvalue weighted by Crippen LogP contribution is 2.41. The van der Waals surface area contributed by atoms with Crippen molar-refractivity contribution in [1.29, 1.82) is 0 Å². The Kier molecular flexibility index (Phi) is 10.4. The maximum atomic E-state index is 12.3. The summed E-state index contributed by atoms with van der Waals surface area (Å²) in [4.78, 5) is 41.1. The number of fused-ring (bicyclic) bond motifs is 2. The van der Waals surface area contributed by atoms with Gasteiger partial charge in [-0.25, -0.2) is 19.4 Å². The molecule has 0 bridgehead atoms. The molecule has 0 aliphatic carbocycles. The molecule has 3 heterocycles. The zero-order valence-corrected chi connectivity index (χ0v) is 22.8. The molecule has 2 aliphatic heterocycles. The molecule has 2 aromatic rings. The number of hydrogen-bond donors (Lipinski definition) is 2. The number of alkyl halides is 6. The van der Waals surface area contributed by atoms with Crippen molar-refractivity contribution >= 4 is 18.0 Å². The maximum Gasteiger partial charge on any atom is 0.490 e. The number of aliphatic carboxylic acids is 2. The van der Waals surface area contributed by atoms with Crippen molar-refractivity contribution in [2.45, 2.75) is 44.2 Å². The number of likely N-dealkylation sites (N-methyl/N-ethyl adjacent to an activating group) is 1. The minimum Gasteiger partial charge on any atom is -0.475 e. The van der Waals surface area contributed by atoms with Crippen molar-refractivity contribution in [2.75, 3.05) is 40.8 Å². The van der Waals surface area contributed by atoms with Gasteiger partial charge in [0.2, 0.25) is 0 Å². The summed E-state index contributed by atoms with van der Waals surface area (Å²) in [5, 5.41) is 14.2. The van der Waals surface area contributed by atoms with Crippen molar-refractivity contribution in [1.82, 2.24) is 24.3 Å². The van der Waals surface area contributed by atoms with Crippen LogP contribution in [0.3, 0.4) is 0 Å². The molecule has 41 heavy (non-hydrogen) atoms. The highest BCUT2D eigenvalue weighted by atomic mass is 19.4. The molecule has 228 valence electrons. The van der Waals surface area contributed by atoms with Crippen LogP contribution in [-0.2, 0) is 21.7 Å². The molecule has 2 aliphatic rings. The number of aromatic nitrogens is 2. The van der Waals surface area contributed by atoms with Gasteiger partial charge < -0.3 is 24.6 Å². The number of likely N-dealkylation sites (tertiary alicyclic amines) is 1. The van der Waals surface area contributed by atoms with Gasteiger partial charge in [-0.05, 0) is 32.4 Å². The van der Waals surface area contributed by atoms with Crippen LogP contribution >= 0.6 is 0 Å². The van der Waals surface area contributed by atoms with E-state index in [4.69, 9.17) is 24.8 Å². The summed E-state index contributed by atoms with van der Waals surface area (Å²) in [6.07, 6.45) is -6.29. The van der Waals surface area contributed by atoms with Gasteiger partial charge in [-0.2, -0.15) is 26.3 Å². The molecule has 16 heteroatoms. The van der Waals surface area contributed by atoms with Crippen LogP contribution in [0.1, 0.15) is 24.2 Å². The van der Waals surface area contributed by atoms with Crippen LogP contribution in [-0.4, -0.2) is 106 Å². The SMILES string of the molecule is Cc1ccc(-c2cnc3n2CCN(C)C32CCN(C(=O)N(C)C)CC2)cc1.O=C(O)C(F)(F)F.O=C(O)C(F)(F)F. The quantitative estimate of drug-likeness (QED) is 0.478. The normalized spacial score (nSPS) is 16.5. The first kappa shape index (κ1) is 33.4. The van der Waals surface area contributed by atoms with Gasteiger partial charge in [0.25, 0.3) is 0 Å². The fraction of sp³-hybridized carbons (Fsp3) is 0.520. The van der Waals surface area contributed by atoms with E-state index in [0.29, 0.717) is 0 Å². The van der Waals surface area contributed by atoms with Crippen molar-refractivity contribution in [3.63, 3.8) is 0 Å². The maximum absolute atomic E-state index is 12.3. The Hall–Kier alpha value is -3.82. The monoisotopic (exact) mass is 595 g/mol. The van der Waals surface area contributed by atoms with E-state index in [1.165, 1.54) is 16.8 Å². The predicted octanol–water partition coefficient (Wildman–Crippen LogP) is 4.04. The summed E-state index contributed by atoms with van der Waals surface area (Å²) in [6.45, 7) is 5.62. The standard InChI is InChI=1S/C21H29N5O.2C2HF3O2/c1-16-5-7-17(8-6-16)18-15-22-19-21(24(4)13-14-26(18)19)9-11-25(12-10-21)20(27)23(2)3;2*3-2(4,5)1(6)7/h5-8,15H,9-14H2,1-4H3;2*(H,6,7). The molecular weight excluding hydrogens is 564 g/mol. The Balaban J connectivity index is 0.000000349. The first-order valence-electron chi connectivity index (χ1n) is 12.2. The van der Waals surface area contributed by atoms with Gasteiger partial charge in [0.1, 0.15) is 5.82 Å². The number of piperidine rings is 1. The minimum atomic E-state index is -5.08. The number of carboxylic acids is 2. The summed E-state index contributed by atoms with van der Waals surface area (Å²) in [7, 11) is 5.84. The summed E-state index contributed by atoms with van der Waals surface area (Å²) < 4.78 is 65.9. The fourth-order valence-electron chi connectivity index (χ4n) is 4.52. The molecule has 1 aromatic carbocycles. The first-order chi connectivity index (χ1) is 18.8. The summed E-state index contributed by atoms with van der Waals surface area (Å²) in [6, 6.07) is 8.79. The summed E-state index contributed by atoms with van der Waals surface area (Å²) >= 11 is 0. The van der Waals surface area contributed by atoms with Gasteiger partial charge in [-0.1, -0.05) is 29.8 Å². The lowest BCUT2D eigenvalue weighted by Crippen LogP contribution is -2.57. The number of imidazole rings is 1. The Morgan fingerprint density at radius 3 is 1.76 bits per heavy atom. The number of nitrogens with zero attached hydrogens (tertiary/aromatic N) is 5. The van der Waals surface area contributed by atoms with Crippen LogP contribution in [0.2, 0.25) is 0 Å². The van der Waals surface area contributed by atoms with Crippen molar-refractivity contribution < 1.29 is 50.9 Å². The van der Waals surface area contributed by atoms with E-state index in [1.54, 1.807) is 4.90 Å². The van der Waals surface area contributed by atoms with E-state index in [0.717, 1.165) is 44.8 Å². The largest absolute Gasteiger partial charge is 0.490 e. The lowest BCUT2D eigenvalue weighted by atomic mass is 9.83. The molecule has 1 spiro atoms. The second kappa shape index (κ2) is 12.8. The lowest BCUT2D eigenvalue weighted by Gasteiger charge is -2.49. The average molecular weight is 596 g/mol. The summed E-state index contributed by atoms with van der Waals surface area (Å²) in [5.41, 5.74) is 3.61. The van der Waals surface area contributed by atoms with Gasteiger partial charge in [0.05, 0.1) is 17.4 Å². The first-order valence-corrected chi connectivity index (χ1v) is 12.2. The number of urea groups is 1. The van der Waals surface area contributed by atoms with Gasteiger partial charge >= 0.3 is 30.3 Å². The molecule has 10 nitrogen and oxygen atoms in total. The Morgan fingerprint density at radius 2 is 1.34 bits per heavy atom. The topological polar surface area (TPSA) is 119 Å². The number of aryl methyl sites for hydroxylation is 1. The molecule has 2 N–H and O–H groups in total. The van der Waals surface area contributed by atoms with Crippen molar-refractivity contribution in [3.05, 3.63) is 41.9 Å². The number of halogens is 6. The molecule has 0 saturated carbocycles. The molecule has 1 fully saturated rings. The Morgan fingerprint density at radius 1 is 0.878 bits per heavy atom. The van der Waals surface area contributed by atoms with Crippen molar-refractivity contribution in [2.24, 2.45) is 0 Å². The second-order valence-electron chi connectivity index (χ2n) is 9.71. The van der Waals surface area contributed by atoms with Crippen LogP contribution in [0, 0.1) is 6.92 Å². The van der Waals surface area contributed by atoms with Crippen molar-refractivity contribution in [3.8, 4) is 11.3 Å². The van der Waals surface area contributed by atoms with Crippen LogP contribution in [0.25, 0.3) is 11.3 Å². The average Bonchev–Trinajstić information content (AvgIpc) is 3.31. The fourth-order valence-corrected chi connectivity index (χ4v) is 4.52. The zero-order valence-electron chi connectivity index (χ0n) is 22.8. The predicted molar refractivity (Wildman–Crippen MR) is 134 cm³/mol. The number of hydrogen-bond acceptors (Lipinski definition) is 5. The van der Waals surface area contributed by atoms with Crippen LogP contribution < -0.4 is 0 Å². The number of carbonyl (C=O) groups is 3. The van der Waals surface area contributed by atoms with Gasteiger partial charge in [0.15, 0.2) is 0 Å². The lowest BCUT2D eigenvalue weighted by molar-refractivity contribution is -0.193. The number of benzene rings is 1. The molecule has 1 aromatic heterocycles. The Labute approximate surface area is 231 Å². The smallest absolute Gasteiger partial charge is 0.475 e. The van der Waals surface area contributed by atoms with E-state index in [1.807, 2.05) is 25.2 Å². The van der Waals surface area contributed by atoms with Gasteiger partial charge in [-0.3, -0.25) is 4.90 Å². The third-order valence-electron chi connectivity index (χ3n) is 6.74. The zero-order chi connectivity index (χ0) is 31.3. The molecule has 0 unspecified atom stereocenters. The van der Waals surface area contributed by atoms with E-state index in [2.05, 4.69) is 47.7 Å². The third-order valence-corrected chi connectivity index (χ3v) is 6.74. The highest BCUT2D eigenvalue weighted by molar-refractivity contribution is 5.74. The molecule has 0 radical (unpaired) electrons. The second-order valence-corrected chi connectivity index (χ2v) is 9.71. The van der Waals surface area contributed by atoms with Crippen LogP contribution in [0.15, 0.2) is 30.5 Å². The molecule has 0 atom stereocenters. The minimum absolute atomic E-state index is 0.0791. The van der Waals surface area contributed by atoms with Crippen LogP contribution in [0.5, 0.6) is 0 Å². The van der Waals surface area contributed by atoms with Crippen LogP contribution in [0.4, 0.5) is 31.1 Å². The van der Waals surface area contributed by atoms with Gasteiger partial charge in [0, 0.05) is 40.3 Å². The van der Waals surface area contributed by atoms with E-state index >= 15 is 0 Å². The Bertz CT molecular complexity index is 1190. The number of carboxylic acid groups (broad SMARTS) is 2. The number of rotatable bonds is 1. The third kappa shape index (κ3) is 8.11. The van der Waals surface area contributed by atoms with Gasteiger partial charge in [-0.15, -0.1) is 0 Å². The number of carbonyl (C=O) groups excluding carboxylic acids is 1. The molecular formula is C25H31F6N5O5. The van der Waals surface area contributed by atoms with E-state index in [9.17, 15) is 31.1 Å². The van der Waals surface area contributed by atoms with E-state index in [-0.39, 0.29) is 11.6 Å². The number of amides is 2. The molecule has 2 amide bonds.